The van der Waals surface area contributed by atoms with Crippen LogP contribution >= 0.6 is 34.8 Å². The Kier molecular flexibility index (Phi) is 3.95. The number of nitrogens with two attached hydrogens (primary N) is 1. The van der Waals surface area contributed by atoms with Crippen molar-refractivity contribution in [3.05, 3.63) is 32.8 Å². The van der Waals surface area contributed by atoms with Gasteiger partial charge in [0.1, 0.15) is 0 Å². The van der Waals surface area contributed by atoms with Gasteiger partial charge in [0.15, 0.2) is 0 Å². The molecule has 1 rings (SSSR count). The standard InChI is InChI=1S/C8H6Cl3F2N/c9-3-1-4(7(14)8(12)13)6(11)5(10)2-3/h1-2,7-8H,14H2. The van der Waals surface area contributed by atoms with Gasteiger partial charge in [-0.2, -0.15) is 0 Å². The van der Waals surface area contributed by atoms with E-state index in [9.17, 15) is 8.78 Å². The molecule has 1 atom stereocenters. The van der Waals surface area contributed by atoms with Crippen LogP contribution in [0.5, 0.6) is 0 Å². The minimum Gasteiger partial charge on any atom is -0.319 e. The lowest BCUT2D eigenvalue weighted by Gasteiger charge is -2.13. The monoisotopic (exact) mass is 259 g/mol. The summed E-state index contributed by atoms with van der Waals surface area (Å²) >= 11 is 17.0. The van der Waals surface area contributed by atoms with Gasteiger partial charge >= 0.3 is 0 Å². The maximum Gasteiger partial charge on any atom is 0.257 e. The van der Waals surface area contributed by atoms with Crippen molar-refractivity contribution in [1.82, 2.24) is 0 Å². The fourth-order valence-corrected chi connectivity index (χ4v) is 1.70. The molecule has 0 aliphatic heterocycles. The molecular weight excluding hydrogens is 254 g/mol. The van der Waals surface area contributed by atoms with E-state index in [-0.39, 0.29) is 20.6 Å². The highest BCUT2D eigenvalue weighted by molar-refractivity contribution is 6.43. The Morgan fingerprint density at radius 3 is 2.21 bits per heavy atom. The largest absolute Gasteiger partial charge is 0.319 e. The Morgan fingerprint density at radius 2 is 1.71 bits per heavy atom. The van der Waals surface area contributed by atoms with Crippen molar-refractivity contribution in [2.45, 2.75) is 12.5 Å². The number of hydrogen-bond acceptors (Lipinski definition) is 1. The molecule has 0 bridgehead atoms. The topological polar surface area (TPSA) is 26.0 Å². The van der Waals surface area contributed by atoms with Crippen LogP contribution in [0.15, 0.2) is 12.1 Å². The van der Waals surface area contributed by atoms with Crippen molar-refractivity contribution in [1.29, 1.82) is 0 Å². The third-order valence-corrected chi connectivity index (χ3v) is 2.69. The Labute approximate surface area is 94.7 Å². The van der Waals surface area contributed by atoms with Crippen LogP contribution in [0.2, 0.25) is 15.1 Å². The van der Waals surface area contributed by atoms with Crippen LogP contribution < -0.4 is 5.73 Å². The van der Waals surface area contributed by atoms with Crippen molar-refractivity contribution in [2.75, 3.05) is 0 Å². The first-order valence-electron chi connectivity index (χ1n) is 3.61. The van der Waals surface area contributed by atoms with Crippen LogP contribution in [0, 0.1) is 0 Å². The molecule has 0 saturated carbocycles. The predicted octanol–water partition coefficient (Wildman–Crippen LogP) is 3.91. The summed E-state index contributed by atoms with van der Waals surface area (Å²) in [5, 5.41) is 0.361. The second kappa shape index (κ2) is 4.62. The second-order valence-corrected chi connectivity index (χ2v) is 3.87. The van der Waals surface area contributed by atoms with Gasteiger partial charge < -0.3 is 5.73 Å². The predicted molar refractivity (Wildman–Crippen MR) is 54.4 cm³/mol. The van der Waals surface area contributed by atoms with E-state index in [1.54, 1.807) is 0 Å². The van der Waals surface area contributed by atoms with Gasteiger partial charge in [0, 0.05) is 5.02 Å². The molecule has 1 aromatic rings. The lowest BCUT2D eigenvalue weighted by atomic mass is 10.1. The van der Waals surface area contributed by atoms with Crippen molar-refractivity contribution >= 4 is 34.8 Å². The van der Waals surface area contributed by atoms with E-state index in [1.165, 1.54) is 12.1 Å². The lowest BCUT2D eigenvalue weighted by Crippen LogP contribution is -2.19. The van der Waals surface area contributed by atoms with Crippen molar-refractivity contribution < 1.29 is 8.78 Å². The maximum atomic E-state index is 12.3. The number of halogens is 5. The summed E-state index contributed by atoms with van der Waals surface area (Å²) in [6.45, 7) is 0. The van der Waals surface area contributed by atoms with Gasteiger partial charge in [0.25, 0.3) is 6.43 Å². The summed E-state index contributed by atoms with van der Waals surface area (Å²) in [6.07, 6.45) is -2.71. The van der Waals surface area contributed by atoms with Crippen LogP contribution in [0.25, 0.3) is 0 Å². The summed E-state index contributed by atoms with van der Waals surface area (Å²) < 4.78 is 24.6. The zero-order valence-electron chi connectivity index (χ0n) is 6.78. The van der Waals surface area contributed by atoms with E-state index < -0.39 is 12.5 Å². The van der Waals surface area contributed by atoms with Gasteiger partial charge in [-0.3, -0.25) is 0 Å². The summed E-state index contributed by atoms with van der Waals surface area (Å²) in [5.41, 5.74) is 5.28. The lowest BCUT2D eigenvalue weighted by molar-refractivity contribution is 0.116. The Morgan fingerprint density at radius 1 is 1.14 bits per heavy atom. The first kappa shape index (κ1) is 12.0. The van der Waals surface area contributed by atoms with Crippen molar-refractivity contribution in [2.24, 2.45) is 5.73 Å². The van der Waals surface area contributed by atoms with E-state index in [0.717, 1.165) is 0 Å². The van der Waals surface area contributed by atoms with Crippen LogP contribution in [0.4, 0.5) is 8.78 Å². The minimum atomic E-state index is -2.71. The highest BCUT2D eigenvalue weighted by Crippen LogP contribution is 2.34. The fraction of sp³-hybridized carbons (Fsp3) is 0.250. The minimum absolute atomic E-state index is 0.0175. The van der Waals surface area contributed by atoms with E-state index >= 15 is 0 Å². The molecule has 0 aliphatic carbocycles. The molecule has 14 heavy (non-hydrogen) atoms. The van der Waals surface area contributed by atoms with E-state index in [1.807, 2.05) is 0 Å². The van der Waals surface area contributed by atoms with Crippen LogP contribution in [-0.4, -0.2) is 6.43 Å². The molecule has 0 heterocycles. The molecule has 1 aromatic carbocycles. The molecule has 6 heteroatoms. The third kappa shape index (κ3) is 2.48. The SMILES string of the molecule is NC(c1cc(Cl)cc(Cl)c1Cl)C(F)F. The zero-order valence-corrected chi connectivity index (χ0v) is 9.04. The van der Waals surface area contributed by atoms with E-state index in [2.05, 4.69) is 0 Å². The van der Waals surface area contributed by atoms with E-state index in [4.69, 9.17) is 40.5 Å². The Balaban J connectivity index is 3.20. The van der Waals surface area contributed by atoms with E-state index in [0.29, 0.717) is 0 Å². The van der Waals surface area contributed by atoms with Gasteiger partial charge in [-0.05, 0) is 17.7 Å². The molecule has 0 aromatic heterocycles. The molecule has 1 nitrogen and oxygen atoms in total. The molecule has 0 aliphatic rings. The number of rotatable bonds is 2. The first-order chi connectivity index (χ1) is 6.43. The smallest absolute Gasteiger partial charge is 0.257 e. The van der Waals surface area contributed by atoms with Crippen molar-refractivity contribution in [3.8, 4) is 0 Å². The van der Waals surface area contributed by atoms with Crippen LogP contribution in [0.3, 0.4) is 0 Å². The molecule has 2 N–H and O–H groups in total. The highest BCUT2D eigenvalue weighted by Gasteiger charge is 2.21. The number of alkyl halides is 2. The number of benzene rings is 1. The fourth-order valence-electron chi connectivity index (χ4n) is 0.954. The van der Waals surface area contributed by atoms with Crippen molar-refractivity contribution in [3.63, 3.8) is 0 Å². The molecule has 0 fully saturated rings. The molecule has 0 saturated heterocycles. The molecule has 0 amide bonds. The average molecular weight is 260 g/mol. The van der Waals surface area contributed by atoms with Crippen LogP contribution in [-0.2, 0) is 0 Å². The molecule has 0 spiro atoms. The summed E-state index contributed by atoms with van der Waals surface area (Å²) in [7, 11) is 0. The summed E-state index contributed by atoms with van der Waals surface area (Å²) in [6, 6.07) is 1.18. The zero-order chi connectivity index (χ0) is 10.9. The molecule has 1 unspecified atom stereocenters. The van der Waals surface area contributed by atoms with Gasteiger partial charge in [0.05, 0.1) is 16.1 Å². The van der Waals surface area contributed by atoms with Gasteiger partial charge in [-0.1, -0.05) is 34.8 Å². The maximum absolute atomic E-state index is 12.3. The third-order valence-electron chi connectivity index (χ3n) is 1.65. The summed E-state index contributed by atoms with van der Waals surface area (Å²) in [4.78, 5) is 0. The van der Waals surface area contributed by atoms with Gasteiger partial charge in [-0.15, -0.1) is 0 Å². The quantitative estimate of drug-likeness (QED) is 0.802. The Bertz CT molecular complexity index is 344. The average Bonchev–Trinajstić information content (AvgIpc) is 2.09. The summed E-state index contributed by atoms with van der Waals surface area (Å²) in [5.74, 6) is 0. The normalized spacial score (nSPS) is 13.4. The second-order valence-electron chi connectivity index (χ2n) is 2.65. The molecular formula is C8H6Cl3F2N. The highest BCUT2D eigenvalue weighted by atomic mass is 35.5. The molecule has 0 radical (unpaired) electrons. The molecule has 78 valence electrons. The first-order valence-corrected chi connectivity index (χ1v) is 4.75. The van der Waals surface area contributed by atoms with Gasteiger partial charge in [-0.25, -0.2) is 8.78 Å². The Hall–Kier alpha value is -0.0900. The number of hydrogen-bond donors (Lipinski definition) is 1. The van der Waals surface area contributed by atoms with Gasteiger partial charge in [0.2, 0.25) is 0 Å². The van der Waals surface area contributed by atoms with Crippen LogP contribution in [0.1, 0.15) is 11.6 Å².